The minimum absolute atomic E-state index is 0.315. The number of benzene rings is 3. The number of fused-ring (bicyclic) bond motifs is 3. The van der Waals surface area contributed by atoms with Crippen LogP contribution in [0.15, 0.2) is 97.2 Å². The van der Waals surface area contributed by atoms with Gasteiger partial charge >= 0.3 is 6.03 Å². The lowest BCUT2D eigenvalue weighted by Gasteiger charge is -2.31. The summed E-state index contributed by atoms with van der Waals surface area (Å²) in [5.74, 6) is 0.502. The molecule has 0 spiro atoms. The van der Waals surface area contributed by atoms with Crippen LogP contribution in [0.1, 0.15) is 34.1 Å². The molecular weight excluding hydrogens is 465 g/mol. The maximum Gasteiger partial charge on any atom is 0.322 e. The van der Waals surface area contributed by atoms with E-state index in [2.05, 4.69) is 16.0 Å². The number of halogens is 1. The monoisotopic (exact) mass is 491 g/mol. The fourth-order valence-corrected chi connectivity index (χ4v) is 5.10. The molecule has 2 amide bonds. The second-order valence-electron chi connectivity index (χ2n) is 9.32. The van der Waals surface area contributed by atoms with Crippen molar-refractivity contribution >= 4 is 11.7 Å². The van der Waals surface area contributed by atoms with Gasteiger partial charge in [-0.2, -0.15) is 5.10 Å². The molecule has 5 aromatic rings. The van der Waals surface area contributed by atoms with Crippen LogP contribution in [0.4, 0.5) is 14.9 Å². The van der Waals surface area contributed by atoms with E-state index in [0.29, 0.717) is 12.2 Å². The van der Waals surface area contributed by atoms with Crippen LogP contribution in [-0.4, -0.2) is 25.3 Å². The average Bonchev–Trinajstić information content (AvgIpc) is 3.45. The summed E-state index contributed by atoms with van der Waals surface area (Å²) in [6.07, 6.45) is 2.02. The molecule has 7 heteroatoms. The minimum atomic E-state index is -0.403. The van der Waals surface area contributed by atoms with Gasteiger partial charge in [0.25, 0.3) is 0 Å². The number of urea groups is 1. The van der Waals surface area contributed by atoms with E-state index in [1.54, 1.807) is 17.0 Å². The lowest BCUT2D eigenvalue weighted by atomic mass is 10.00. The van der Waals surface area contributed by atoms with Crippen molar-refractivity contribution in [2.24, 2.45) is 0 Å². The van der Waals surface area contributed by atoms with Crippen LogP contribution >= 0.6 is 0 Å². The Morgan fingerprint density at radius 1 is 0.946 bits per heavy atom. The quantitative estimate of drug-likeness (QED) is 0.311. The molecule has 3 aromatic carbocycles. The molecule has 0 fully saturated rings. The van der Waals surface area contributed by atoms with Crippen LogP contribution in [-0.2, 0) is 6.54 Å². The van der Waals surface area contributed by atoms with Gasteiger partial charge in [0, 0.05) is 17.4 Å². The smallest absolute Gasteiger partial charge is 0.308 e. The maximum atomic E-state index is 13.9. The first-order valence-electron chi connectivity index (χ1n) is 12.2. The van der Waals surface area contributed by atoms with Crippen LogP contribution in [0.2, 0.25) is 0 Å². The number of hydrogen-bond donors (Lipinski definition) is 1. The van der Waals surface area contributed by atoms with E-state index >= 15 is 0 Å². The number of rotatable bonds is 3. The average molecular weight is 492 g/mol. The van der Waals surface area contributed by atoms with Gasteiger partial charge in [0.05, 0.1) is 29.7 Å². The molecule has 1 N–H and O–H groups in total. The molecule has 3 heterocycles. The summed E-state index contributed by atoms with van der Waals surface area (Å²) in [5, 5.41) is 7.79. The summed E-state index contributed by atoms with van der Waals surface area (Å²) in [6.45, 7) is 4.34. The number of anilines is 1. The lowest BCUT2D eigenvalue weighted by Crippen LogP contribution is -2.38. The number of carbonyl (C=O) groups is 1. The van der Waals surface area contributed by atoms with Gasteiger partial charge in [0.1, 0.15) is 11.6 Å². The second-order valence-corrected chi connectivity index (χ2v) is 9.32. The maximum absolute atomic E-state index is 13.9. The second kappa shape index (κ2) is 9.09. The molecule has 0 saturated heterocycles. The molecule has 0 radical (unpaired) electrons. The Morgan fingerprint density at radius 2 is 1.76 bits per heavy atom. The topological polar surface area (TPSA) is 55.1 Å². The van der Waals surface area contributed by atoms with E-state index < -0.39 is 5.82 Å². The molecule has 0 bridgehead atoms. The van der Waals surface area contributed by atoms with Gasteiger partial charge in [-0.1, -0.05) is 54.1 Å². The minimum Gasteiger partial charge on any atom is -0.308 e. The Morgan fingerprint density at radius 3 is 2.54 bits per heavy atom. The van der Waals surface area contributed by atoms with Crippen molar-refractivity contribution in [2.75, 3.05) is 5.32 Å². The fraction of sp³-hybridized carbons (Fsp3) is 0.133. The zero-order chi connectivity index (χ0) is 25.5. The third-order valence-electron chi connectivity index (χ3n) is 6.78. The van der Waals surface area contributed by atoms with E-state index in [0.717, 1.165) is 39.6 Å². The highest BCUT2D eigenvalue weighted by atomic mass is 19.1. The summed E-state index contributed by atoms with van der Waals surface area (Å²) in [4.78, 5) is 15.7. The molecule has 184 valence electrons. The predicted octanol–water partition coefficient (Wildman–Crippen LogP) is 6.56. The highest BCUT2D eigenvalue weighted by Crippen LogP contribution is 2.39. The van der Waals surface area contributed by atoms with Gasteiger partial charge in [0.15, 0.2) is 0 Å². The van der Waals surface area contributed by atoms with Gasteiger partial charge < -0.3 is 14.8 Å². The Hall–Kier alpha value is -4.65. The number of carbonyl (C=O) groups excluding carboxylic acids is 1. The first-order valence-corrected chi connectivity index (χ1v) is 12.2. The van der Waals surface area contributed by atoms with Crippen LogP contribution in [0.3, 0.4) is 0 Å². The van der Waals surface area contributed by atoms with E-state index in [1.165, 1.54) is 12.1 Å². The fourth-order valence-electron chi connectivity index (χ4n) is 5.10. The Kier molecular flexibility index (Phi) is 5.60. The van der Waals surface area contributed by atoms with Crippen LogP contribution in [0.25, 0.3) is 11.5 Å². The number of para-hydroxylation sites is 1. The van der Waals surface area contributed by atoms with Gasteiger partial charge in [-0.25, -0.2) is 13.9 Å². The van der Waals surface area contributed by atoms with Crippen molar-refractivity contribution in [1.82, 2.24) is 19.2 Å². The van der Waals surface area contributed by atoms with Crippen molar-refractivity contribution in [3.63, 3.8) is 0 Å². The number of hydrogen-bond acceptors (Lipinski definition) is 2. The van der Waals surface area contributed by atoms with Gasteiger partial charge in [0.2, 0.25) is 0 Å². The van der Waals surface area contributed by atoms with Crippen molar-refractivity contribution in [3.05, 3.63) is 131 Å². The van der Waals surface area contributed by atoms with Crippen LogP contribution in [0.5, 0.6) is 0 Å². The van der Waals surface area contributed by atoms with E-state index in [4.69, 9.17) is 5.10 Å². The van der Waals surface area contributed by atoms with Gasteiger partial charge in [-0.15, -0.1) is 0 Å². The summed E-state index contributed by atoms with van der Waals surface area (Å²) in [6, 6.07) is 27.5. The number of amides is 2. The Balaban J connectivity index is 1.54. The molecule has 1 unspecified atom stereocenters. The number of aromatic nitrogens is 3. The lowest BCUT2D eigenvalue weighted by molar-refractivity contribution is 0.194. The van der Waals surface area contributed by atoms with Gasteiger partial charge in [-0.3, -0.25) is 0 Å². The largest absolute Gasteiger partial charge is 0.322 e. The molecule has 2 aromatic heterocycles. The zero-order valence-corrected chi connectivity index (χ0v) is 20.6. The highest BCUT2D eigenvalue weighted by molar-refractivity contribution is 5.90. The molecule has 1 atom stereocenters. The molecule has 0 saturated carbocycles. The Bertz CT molecular complexity index is 1600. The molecular formula is C30H26FN5O. The van der Waals surface area contributed by atoms with E-state index in [9.17, 15) is 9.18 Å². The first-order chi connectivity index (χ1) is 18.0. The predicted molar refractivity (Wildman–Crippen MR) is 142 cm³/mol. The molecule has 6 nitrogen and oxygen atoms in total. The summed E-state index contributed by atoms with van der Waals surface area (Å²) >= 11 is 0. The van der Waals surface area contributed by atoms with Crippen LogP contribution in [0, 0.1) is 19.7 Å². The van der Waals surface area contributed by atoms with E-state index in [1.807, 2.05) is 85.4 Å². The highest BCUT2D eigenvalue weighted by Gasteiger charge is 2.36. The van der Waals surface area contributed by atoms with Crippen molar-refractivity contribution < 1.29 is 9.18 Å². The van der Waals surface area contributed by atoms with E-state index in [-0.39, 0.29) is 12.1 Å². The molecule has 1 aliphatic rings. The first kappa shape index (κ1) is 22.8. The molecule has 1 aliphatic heterocycles. The summed E-state index contributed by atoms with van der Waals surface area (Å²) in [5.41, 5.74) is 6.18. The SMILES string of the molecule is Cc1cccc(C2c3cccn3-c3c(c(C)nn3-c3ccccc3)CN2C(=O)Nc2cccc(F)c2)c1. The third kappa shape index (κ3) is 4.08. The van der Waals surface area contributed by atoms with Crippen LogP contribution < -0.4 is 5.32 Å². The van der Waals surface area contributed by atoms with Crippen molar-refractivity contribution in [2.45, 2.75) is 26.4 Å². The van der Waals surface area contributed by atoms with Crippen molar-refractivity contribution in [1.29, 1.82) is 0 Å². The molecule has 37 heavy (non-hydrogen) atoms. The zero-order valence-electron chi connectivity index (χ0n) is 20.6. The van der Waals surface area contributed by atoms with Crippen molar-refractivity contribution in [3.8, 4) is 11.5 Å². The molecule has 0 aliphatic carbocycles. The third-order valence-corrected chi connectivity index (χ3v) is 6.78. The number of nitrogens with one attached hydrogen (secondary N) is 1. The summed E-state index contributed by atoms with van der Waals surface area (Å²) in [7, 11) is 0. The standard InChI is InChI=1S/C30H26FN5O/c1-20-9-6-10-22(17-20)28-27-15-8-16-34(27)29-26(21(2)33-36(29)25-13-4-3-5-14-25)19-35(28)30(37)32-24-12-7-11-23(31)18-24/h3-18,28H,19H2,1-2H3,(H,32,37). The summed E-state index contributed by atoms with van der Waals surface area (Å²) < 4.78 is 18.0. The van der Waals surface area contributed by atoms with Gasteiger partial charge in [-0.05, 0) is 61.9 Å². The number of aryl methyl sites for hydroxylation is 2. The molecule has 6 rings (SSSR count). The number of nitrogens with zero attached hydrogens (tertiary/aromatic N) is 4. The normalized spacial score (nSPS) is 14.6. The Labute approximate surface area is 214 Å².